The van der Waals surface area contributed by atoms with E-state index in [9.17, 15) is 9.90 Å². The number of pyridine rings is 3. The molecule has 1 aliphatic rings. The Kier molecular flexibility index (Phi) is 9.00. The van der Waals surface area contributed by atoms with Crippen molar-refractivity contribution in [1.29, 1.82) is 0 Å². The Morgan fingerprint density at radius 3 is 2.70 bits per heavy atom. The topological polar surface area (TPSA) is 116 Å². The van der Waals surface area contributed by atoms with E-state index in [1.165, 1.54) is 29.3 Å². The summed E-state index contributed by atoms with van der Waals surface area (Å²) in [7, 11) is 0. The Balaban J connectivity index is 1.27. The number of thiazole rings is 1. The predicted octanol–water partition coefficient (Wildman–Crippen LogP) is 4.43. The minimum absolute atomic E-state index is 0.107. The number of aliphatic hydroxyl groups excluding tert-OH is 1. The van der Waals surface area contributed by atoms with Crippen molar-refractivity contribution in [2.24, 2.45) is 0 Å². The second kappa shape index (κ2) is 12.8. The van der Waals surface area contributed by atoms with Gasteiger partial charge in [-0.15, -0.1) is 0 Å². The number of hydrogen-bond donors (Lipinski definition) is 3. The molecule has 0 aromatic carbocycles. The molecule has 5 heterocycles. The van der Waals surface area contributed by atoms with Crippen LogP contribution in [0.2, 0.25) is 0 Å². The summed E-state index contributed by atoms with van der Waals surface area (Å²) in [4.78, 5) is 33.0. The number of carbonyl (C=O) groups is 1. The Hall–Kier alpha value is -3.45. The van der Waals surface area contributed by atoms with Gasteiger partial charge in [-0.3, -0.25) is 9.78 Å². The standard InChI is InChI=1S/C28H30FN7O2S2/c1-19-5-10-31-22(16-19)35-27-33-17-23(40-27)39-20-6-11-32-25(24(20)29)26(38)34-18-28(21-4-2-3-9-30-21)7-12-36(13-8-28)14-15-37/h2-6,9-11,16-17,37H,7-8,12-15,18H2,1H3,(H,34,38)(H,31,33,35). The molecule has 3 N–H and O–H groups in total. The van der Waals surface area contributed by atoms with Gasteiger partial charge in [0.05, 0.1) is 21.9 Å². The van der Waals surface area contributed by atoms with Crippen molar-refractivity contribution < 1.29 is 14.3 Å². The second-order valence-electron chi connectivity index (χ2n) is 9.64. The molecule has 0 atom stereocenters. The number of anilines is 2. The number of nitrogens with one attached hydrogen (secondary N) is 2. The van der Waals surface area contributed by atoms with E-state index in [-0.39, 0.29) is 17.7 Å². The molecule has 0 aliphatic carbocycles. The van der Waals surface area contributed by atoms with E-state index >= 15 is 4.39 Å². The van der Waals surface area contributed by atoms with Crippen LogP contribution in [0.4, 0.5) is 15.3 Å². The number of β-amino-alcohol motifs (C(OH)–C–C–N with tert-alkyl or cyclic N) is 1. The molecule has 12 heteroatoms. The van der Waals surface area contributed by atoms with Crippen molar-refractivity contribution in [2.75, 3.05) is 38.1 Å². The van der Waals surface area contributed by atoms with Crippen molar-refractivity contribution in [2.45, 2.75) is 34.3 Å². The minimum atomic E-state index is -0.669. The van der Waals surface area contributed by atoms with Gasteiger partial charge in [-0.05, 0) is 68.8 Å². The number of aryl methyl sites for hydroxylation is 1. The molecule has 4 aromatic rings. The highest BCUT2D eigenvalue weighted by Gasteiger charge is 2.38. The Bertz CT molecular complexity index is 1450. The summed E-state index contributed by atoms with van der Waals surface area (Å²) < 4.78 is 16.3. The molecule has 1 aliphatic heterocycles. The number of piperidine rings is 1. The zero-order valence-corrected chi connectivity index (χ0v) is 23.6. The predicted molar refractivity (Wildman–Crippen MR) is 154 cm³/mol. The fraction of sp³-hybridized carbons (Fsp3) is 0.321. The zero-order valence-electron chi connectivity index (χ0n) is 22.0. The average Bonchev–Trinajstić information content (AvgIpc) is 3.41. The van der Waals surface area contributed by atoms with Gasteiger partial charge in [0.15, 0.2) is 16.6 Å². The summed E-state index contributed by atoms with van der Waals surface area (Å²) in [6.45, 7) is 4.57. The molecule has 0 unspecified atom stereocenters. The van der Waals surface area contributed by atoms with E-state index in [0.29, 0.717) is 28.9 Å². The molecule has 1 amide bonds. The monoisotopic (exact) mass is 579 g/mol. The number of hydrogen-bond acceptors (Lipinski definition) is 10. The first-order chi connectivity index (χ1) is 19.5. The van der Waals surface area contributed by atoms with Crippen LogP contribution in [0.5, 0.6) is 0 Å². The molecule has 1 fully saturated rings. The highest BCUT2D eigenvalue weighted by molar-refractivity contribution is 8.01. The molecule has 5 rings (SSSR count). The van der Waals surface area contributed by atoms with Gasteiger partial charge < -0.3 is 20.6 Å². The maximum Gasteiger partial charge on any atom is 0.273 e. The van der Waals surface area contributed by atoms with E-state index in [1.807, 2.05) is 37.3 Å². The molecule has 0 saturated carbocycles. The van der Waals surface area contributed by atoms with E-state index < -0.39 is 11.7 Å². The number of rotatable bonds is 10. The quantitative estimate of drug-likeness (QED) is 0.251. The maximum absolute atomic E-state index is 15.5. The van der Waals surface area contributed by atoms with Crippen LogP contribution in [0.1, 0.15) is 34.6 Å². The van der Waals surface area contributed by atoms with Crippen LogP contribution in [0.25, 0.3) is 0 Å². The first-order valence-electron chi connectivity index (χ1n) is 13.0. The molecule has 4 aromatic heterocycles. The largest absolute Gasteiger partial charge is 0.395 e. The van der Waals surface area contributed by atoms with Gasteiger partial charge in [0.2, 0.25) is 0 Å². The second-order valence-corrected chi connectivity index (χ2v) is 12.0. The van der Waals surface area contributed by atoms with E-state index in [0.717, 1.165) is 41.4 Å². The number of nitrogens with zero attached hydrogens (tertiary/aromatic N) is 5. The van der Waals surface area contributed by atoms with Crippen molar-refractivity contribution in [3.05, 3.63) is 84.0 Å². The molecular formula is C28H30FN7O2S2. The lowest BCUT2D eigenvalue weighted by Crippen LogP contribution is -2.50. The summed E-state index contributed by atoms with van der Waals surface area (Å²) in [5.41, 5.74) is 1.34. The third-order valence-corrected chi connectivity index (χ3v) is 8.99. The van der Waals surface area contributed by atoms with Crippen LogP contribution in [0.3, 0.4) is 0 Å². The Morgan fingerprint density at radius 1 is 1.12 bits per heavy atom. The lowest BCUT2D eigenvalue weighted by atomic mass is 9.75. The number of amides is 1. The van der Waals surface area contributed by atoms with Crippen LogP contribution < -0.4 is 10.6 Å². The highest BCUT2D eigenvalue weighted by Crippen LogP contribution is 2.37. The summed E-state index contributed by atoms with van der Waals surface area (Å²) in [6, 6.07) is 11.1. The van der Waals surface area contributed by atoms with Crippen LogP contribution in [-0.4, -0.2) is 68.6 Å². The average molecular weight is 580 g/mol. The van der Waals surface area contributed by atoms with E-state index in [1.54, 1.807) is 24.7 Å². The van der Waals surface area contributed by atoms with Gasteiger partial charge in [0.1, 0.15) is 5.82 Å². The van der Waals surface area contributed by atoms with Crippen molar-refractivity contribution in [3.63, 3.8) is 0 Å². The van der Waals surface area contributed by atoms with Crippen molar-refractivity contribution >= 4 is 40.0 Å². The van der Waals surface area contributed by atoms with Crippen LogP contribution in [0, 0.1) is 12.7 Å². The number of carbonyl (C=O) groups excluding carboxylic acids is 1. The number of likely N-dealkylation sites (tertiary alicyclic amines) is 1. The third kappa shape index (κ3) is 6.64. The van der Waals surface area contributed by atoms with Crippen LogP contribution in [-0.2, 0) is 5.41 Å². The lowest BCUT2D eigenvalue weighted by Gasteiger charge is -2.41. The molecule has 40 heavy (non-hydrogen) atoms. The summed E-state index contributed by atoms with van der Waals surface area (Å²) in [5.74, 6) is -0.550. The summed E-state index contributed by atoms with van der Waals surface area (Å²) in [5, 5.41) is 16.1. The molecule has 0 spiro atoms. The fourth-order valence-electron chi connectivity index (χ4n) is 4.73. The third-order valence-electron chi connectivity index (χ3n) is 6.94. The minimum Gasteiger partial charge on any atom is -0.395 e. The summed E-state index contributed by atoms with van der Waals surface area (Å²) >= 11 is 2.56. The molecule has 208 valence electrons. The first-order valence-corrected chi connectivity index (χ1v) is 14.6. The van der Waals surface area contributed by atoms with Gasteiger partial charge >= 0.3 is 0 Å². The fourth-order valence-corrected chi connectivity index (χ4v) is 6.60. The normalized spacial score (nSPS) is 15.1. The van der Waals surface area contributed by atoms with Gasteiger partial charge in [-0.2, -0.15) is 0 Å². The molecule has 1 saturated heterocycles. The van der Waals surface area contributed by atoms with Crippen molar-refractivity contribution in [3.8, 4) is 0 Å². The van der Waals surface area contributed by atoms with E-state index in [2.05, 4.69) is 35.5 Å². The van der Waals surface area contributed by atoms with Gasteiger partial charge in [-0.25, -0.2) is 19.3 Å². The molecular weight excluding hydrogens is 549 g/mol. The molecule has 9 nitrogen and oxygen atoms in total. The lowest BCUT2D eigenvalue weighted by molar-refractivity contribution is 0.0901. The maximum atomic E-state index is 15.5. The van der Waals surface area contributed by atoms with E-state index in [4.69, 9.17) is 0 Å². The van der Waals surface area contributed by atoms with Crippen LogP contribution in [0.15, 0.2) is 70.3 Å². The first kappa shape index (κ1) is 28.1. The molecule has 0 radical (unpaired) electrons. The number of aliphatic hydroxyl groups is 1. The van der Waals surface area contributed by atoms with Gasteiger partial charge in [0, 0.05) is 42.8 Å². The molecule has 0 bridgehead atoms. The highest BCUT2D eigenvalue weighted by atomic mass is 32.2. The van der Waals surface area contributed by atoms with Gasteiger partial charge in [-0.1, -0.05) is 29.2 Å². The Morgan fingerprint density at radius 2 is 1.95 bits per heavy atom. The summed E-state index contributed by atoms with van der Waals surface area (Å²) in [6.07, 6.45) is 8.09. The smallest absolute Gasteiger partial charge is 0.273 e. The van der Waals surface area contributed by atoms with Crippen molar-refractivity contribution in [1.82, 2.24) is 30.2 Å². The Labute approximate surface area is 240 Å². The van der Waals surface area contributed by atoms with Crippen LogP contribution >= 0.6 is 23.1 Å². The zero-order chi connectivity index (χ0) is 28.0. The SMILES string of the molecule is Cc1ccnc(Nc2ncc(Sc3ccnc(C(=O)NCC4(c5ccccn5)CCN(CCO)CC4)c3F)s2)c1. The van der Waals surface area contributed by atoms with Gasteiger partial charge in [0.25, 0.3) is 5.91 Å². The number of halogens is 1. The number of aromatic nitrogens is 4.